The van der Waals surface area contributed by atoms with E-state index < -0.39 is 47.7 Å². The molecule has 1 aliphatic heterocycles. The molecule has 3 rings (SSSR count). The van der Waals surface area contributed by atoms with Gasteiger partial charge in [0.2, 0.25) is 5.60 Å². The molecule has 1 aliphatic carbocycles. The van der Waals surface area contributed by atoms with E-state index in [1.807, 2.05) is 32.0 Å². The smallest absolute Gasteiger partial charge is 0.309 e. The molecule has 1 aromatic carbocycles. The van der Waals surface area contributed by atoms with Gasteiger partial charge in [0.15, 0.2) is 17.6 Å². The van der Waals surface area contributed by atoms with Gasteiger partial charge in [-0.25, -0.2) is 0 Å². The van der Waals surface area contributed by atoms with Crippen LogP contribution in [0.2, 0.25) is 0 Å². The molecule has 1 amide bonds. The zero-order valence-electron chi connectivity index (χ0n) is 25.9. The lowest BCUT2D eigenvalue weighted by atomic mass is 9.81. The SMILES string of the molecule is COCCCOc1cc(CC(CC(N)C(O)CC(C(=O)OC2C3OCCOC32C(N)=O)C(C)C)C(C)C)ccc1OC. The van der Waals surface area contributed by atoms with Crippen LogP contribution in [0.5, 0.6) is 11.5 Å². The number of aliphatic hydroxyl groups is 1. The van der Waals surface area contributed by atoms with Crippen LogP contribution in [-0.4, -0.2) is 87.6 Å². The summed E-state index contributed by atoms with van der Waals surface area (Å²) >= 11 is 0. The molecule has 1 heterocycles. The molecular weight excluding hydrogens is 544 g/mol. The number of esters is 1. The maximum absolute atomic E-state index is 13.2. The van der Waals surface area contributed by atoms with Crippen molar-refractivity contribution in [2.45, 2.75) is 83.3 Å². The van der Waals surface area contributed by atoms with E-state index in [9.17, 15) is 14.7 Å². The average molecular weight is 595 g/mol. The number of aliphatic hydroxyl groups excluding tert-OH is 1. The van der Waals surface area contributed by atoms with Gasteiger partial charge in [0.25, 0.3) is 5.91 Å². The Morgan fingerprint density at radius 3 is 2.40 bits per heavy atom. The summed E-state index contributed by atoms with van der Waals surface area (Å²) < 4.78 is 33.3. The lowest BCUT2D eigenvalue weighted by molar-refractivity contribution is -0.158. The Hall–Kier alpha value is -2.44. The highest BCUT2D eigenvalue weighted by Crippen LogP contribution is 2.48. The van der Waals surface area contributed by atoms with Gasteiger partial charge < -0.3 is 45.0 Å². The van der Waals surface area contributed by atoms with Crippen molar-refractivity contribution in [3.05, 3.63) is 23.8 Å². The highest BCUT2D eigenvalue weighted by atomic mass is 16.7. The van der Waals surface area contributed by atoms with Crippen LogP contribution in [0.4, 0.5) is 0 Å². The molecule has 1 saturated carbocycles. The number of carbonyl (C=O) groups excluding carboxylic acids is 2. The molecule has 5 N–H and O–H groups in total. The number of methoxy groups -OCH3 is 2. The van der Waals surface area contributed by atoms with E-state index in [1.54, 1.807) is 14.2 Å². The second-order valence-corrected chi connectivity index (χ2v) is 12.1. The summed E-state index contributed by atoms with van der Waals surface area (Å²) in [5, 5.41) is 11.1. The first kappa shape index (κ1) is 34.1. The van der Waals surface area contributed by atoms with E-state index >= 15 is 0 Å². The van der Waals surface area contributed by atoms with Crippen LogP contribution in [0.25, 0.3) is 0 Å². The number of ether oxygens (including phenoxy) is 6. The van der Waals surface area contributed by atoms with Gasteiger partial charge in [0.05, 0.1) is 39.0 Å². The number of hydrogen-bond donors (Lipinski definition) is 3. The quantitative estimate of drug-likeness (QED) is 0.170. The highest BCUT2D eigenvalue weighted by molar-refractivity contribution is 5.91. The van der Waals surface area contributed by atoms with Crippen molar-refractivity contribution in [3.8, 4) is 11.5 Å². The molecule has 2 fully saturated rings. The Morgan fingerprint density at radius 1 is 1.07 bits per heavy atom. The van der Waals surface area contributed by atoms with Gasteiger partial charge in [-0.05, 0) is 54.7 Å². The first-order valence-electron chi connectivity index (χ1n) is 14.9. The van der Waals surface area contributed by atoms with Gasteiger partial charge in [-0.2, -0.15) is 0 Å². The molecule has 1 aromatic rings. The molecule has 0 spiro atoms. The first-order chi connectivity index (χ1) is 20.0. The number of nitrogens with two attached hydrogens (primary N) is 2. The number of amides is 1. The van der Waals surface area contributed by atoms with Gasteiger partial charge in [-0.15, -0.1) is 0 Å². The maximum Gasteiger partial charge on any atom is 0.309 e. The number of benzene rings is 1. The van der Waals surface area contributed by atoms with Crippen molar-refractivity contribution in [1.29, 1.82) is 0 Å². The predicted octanol–water partition coefficient (Wildman–Crippen LogP) is 2.23. The van der Waals surface area contributed by atoms with Crippen molar-refractivity contribution in [2.24, 2.45) is 35.1 Å². The third-order valence-electron chi connectivity index (χ3n) is 8.45. The lowest BCUT2D eigenvalue weighted by Gasteiger charge is -2.30. The van der Waals surface area contributed by atoms with Gasteiger partial charge in [0.1, 0.15) is 6.10 Å². The fourth-order valence-electron chi connectivity index (χ4n) is 5.60. The van der Waals surface area contributed by atoms with E-state index in [-0.39, 0.29) is 24.9 Å². The second kappa shape index (κ2) is 15.3. The summed E-state index contributed by atoms with van der Waals surface area (Å²) in [6.45, 7) is 9.67. The molecule has 7 atom stereocenters. The molecular formula is C31H50N2O9. The van der Waals surface area contributed by atoms with Crippen molar-refractivity contribution in [1.82, 2.24) is 0 Å². The molecule has 1 saturated heterocycles. The Balaban J connectivity index is 1.61. The predicted molar refractivity (Wildman–Crippen MR) is 156 cm³/mol. The van der Waals surface area contributed by atoms with E-state index in [1.165, 1.54) is 0 Å². The monoisotopic (exact) mass is 594 g/mol. The van der Waals surface area contributed by atoms with Gasteiger partial charge >= 0.3 is 5.97 Å². The largest absolute Gasteiger partial charge is 0.493 e. The molecule has 11 heteroatoms. The number of carbonyl (C=O) groups is 2. The maximum atomic E-state index is 13.2. The summed E-state index contributed by atoms with van der Waals surface area (Å²) in [6, 6.07) is 5.36. The Morgan fingerprint density at radius 2 is 1.81 bits per heavy atom. The van der Waals surface area contributed by atoms with Crippen LogP contribution in [0.1, 0.15) is 52.5 Å². The normalized spacial score (nSPS) is 24.4. The number of primary amides is 1. The molecule has 7 unspecified atom stereocenters. The third-order valence-corrected chi connectivity index (χ3v) is 8.45. The molecule has 238 valence electrons. The summed E-state index contributed by atoms with van der Waals surface area (Å²) in [4.78, 5) is 25.2. The summed E-state index contributed by atoms with van der Waals surface area (Å²) in [5.41, 5.74) is 11.7. The second-order valence-electron chi connectivity index (χ2n) is 12.1. The van der Waals surface area contributed by atoms with Crippen molar-refractivity contribution in [3.63, 3.8) is 0 Å². The topological polar surface area (TPSA) is 162 Å². The van der Waals surface area contributed by atoms with E-state index in [2.05, 4.69) is 13.8 Å². The highest BCUT2D eigenvalue weighted by Gasteiger charge is 2.76. The van der Waals surface area contributed by atoms with Crippen molar-refractivity contribution in [2.75, 3.05) is 40.6 Å². The molecule has 11 nitrogen and oxygen atoms in total. The number of hydrogen-bond acceptors (Lipinski definition) is 10. The van der Waals surface area contributed by atoms with Crippen molar-refractivity contribution < 1.29 is 43.1 Å². The van der Waals surface area contributed by atoms with Crippen LogP contribution in [0.15, 0.2) is 18.2 Å². The lowest BCUT2D eigenvalue weighted by Crippen LogP contribution is -2.43. The van der Waals surface area contributed by atoms with Gasteiger partial charge in [0, 0.05) is 26.2 Å². The Kier molecular flexibility index (Phi) is 12.4. The zero-order valence-corrected chi connectivity index (χ0v) is 25.9. The fourth-order valence-corrected chi connectivity index (χ4v) is 5.60. The minimum atomic E-state index is -1.43. The van der Waals surface area contributed by atoms with E-state index in [0.29, 0.717) is 43.7 Å². The summed E-state index contributed by atoms with van der Waals surface area (Å²) in [6.07, 6.45) is -0.315. The van der Waals surface area contributed by atoms with Crippen LogP contribution in [-0.2, 0) is 35.0 Å². The molecule has 0 bridgehead atoms. The van der Waals surface area contributed by atoms with Crippen molar-refractivity contribution >= 4 is 11.9 Å². The first-order valence-corrected chi connectivity index (χ1v) is 14.9. The average Bonchev–Trinajstić information content (AvgIpc) is 3.61. The third kappa shape index (κ3) is 8.13. The minimum absolute atomic E-state index is 0.131. The van der Waals surface area contributed by atoms with Crippen LogP contribution in [0, 0.1) is 23.7 Å². The van der Waals surface area contributed by atoms with E-state index in [4.69, 9.17) is 39.9 Å². The van der Waals surface area contributed by atoms with E-state index in [0.717, 1.165) is 18.4 Å². The van der Waals surface area contributed by atoms with Crippen LogP contribution >= 0.6 is 0 Å². The molecule has 0 aromatic heterocycles. The van der Waals surface area contributed by atoms with Gasteiger partial charge in [-0.1, -0.05) is 33.8 Å². The molecule has 42 heavy (non-hydrogen) atoms. The van der Waals surface area contributed by atoms with Gasteiger partial charge in [-0.3, -0.25) is 9.59 Å². The summed E-state index contributed by atoms with van der Waals surface area (Å²) in [5.74, 6) is -0.181. The van der Waals surface area contributed by atoms with Crippen LogP contribution in [0.3, 0.4) is 0 Å². The Labute approximate surface area is 249 Å². The standard InChI is InChI=1S/C31H50N2O9/c1-18(2)21(14-20-8-9-25(38-6)26(15-20)39-11-7-10-37-5)16-23(32)24(34)17-22(19(3)4)29(35)42-28-27-31(28,30(33)36)41-13-12-40-27/h8-9,15,18-19,21-24,27-28,34H,7,10-14,16-17,32H2,1-6H3,(H2,33,36). The Bertz CT molecular complexity index is 1040. The number of rotatable bonds is 18. The minimum Gasteiger partial charge on any atom is -0.493 e. The molecule has 0 radical (unpaired) electrons. The zero-order chi connectivity index (χ0) is 31.0. The summed E-state index contributed by atoms with van der Waals surface area (Å²) in [7, 11) is 3.28. The number of fused-ring (bicyclic) bond motifs is 1. The molecule has 2 aliphatic rings. The van der Waals surface area contributed by atoms with Crippen LogP contribution < -0.4 is 20.9 Å². The fraction of sp³-hybridized carbons (Fsp3) is 0.742.